The van der Waals surface area contributed by atoms with Gasteiger partial charge in [-0.2, -0.15) is 0 Å². The minimum atomic E-state index is -3.44. The summed E-state index contributed by atoms with van der Waals surface area (Å²) in [5.74, 6) is 0. The molecule has 0 amide bonds. The number of quaternary nitrogens is 1. The van der Waals surface area contributed by atoms with Crippen molar-refractivity contribution >= 4 is 10.0 Å². The summed E-state index contributed by atoms with van der Waals surface area (Å²) < 4.78 is 32.8. The highest BCUT2D eigenvalue weighted by Crippen LogP contribution is 2.10. The number of benzene rings is 1. The Hall–Kier alpha value is -0.950. The Morgan fingerprint density at radius 3 is 2.33 bits per heavy atom. The number of rotatable bonds is 5. The molecule has 1 aromatic carbocycles. The van der Waals surface area contributed by atoms with Crippen molar-refractivity contribution in [2.75, 3.05) is 32.8 Å². The third-order valence-electron chi connectivity index (χ3n) is 4.09. The van der Waals surface area contributed by atoms with Crippen LogP contribution in [0.5, 0.6) is 0 Å². The van der Waals surface area contributed by atoms with Crippen LogP contribution in [0.4, 0.5) is 0 Å². The van der Waals surface area contributed by atoms with Gasteiger partial charge < -0.3 is 9.64 Å². The number of ether oxygens (including phenoxy) is 1. The maximum absolute atomic E-state index is 12.3. The van der Waals surface area contributed by atoms with Crippen LogP contribution in [0.25, 0.3) is 0 Å². The highest BCUT2D eigenvalue weighted by atomic mass is 32.2. The molecule has 0 atom stereocenters. The van der Waals surface area contributed by atoms with E-state index in [0.717, 1.165) is 31.9 Å². The van der Waals surface area contributed by atoms with E-state index in [-0.39, 0.29) is 5.54 Å². The van der Waals surface area contributed by atoms with Crippen molar-refractivity contribution in [1.29, 1.82) is 0 Å². The van der Waals surface area contributed by atoms with Gasteiger partial charge in [0.15, 0.2) is 0 Å². The first-order valence-corrected chi connectivity index (χ1v) is 8.79. The minimum Gasteiger partial charge on any atom is -0.370 e. The van der Waals surface area contributed by atoms with E-state index >= 15 is 0 Å². The maximum Gasteiger partial charge on any atom is 0.240 e. The second-order valence-corrected chi connectivity index (χ2v) is 8.00. The third-order valence-corrected chi connectivity index (χ3v) is 5.51. The molecule has 0 spiro atoms. The third kappa shape index (κ3) is 4.26. The molecule has 2 N–H and O–H groups in total. The second kappa shape index (κ2) is 6.44. The number of sulfonamides is 1. The van der Waals surface area contributed by atoms with Gasteiger partial charge in [0, 0.05) is 0 Å². The van der Waals surface area contributed by atoms with Crippen molar-refractivity contribution in [2.24, 2.45) is 0 Å². The lowest BCUT2D eigenvalue weighted by Gasteiger charge is -2.37. The van der Waals surface area contributed by atoms with E-state index in [9.17, 15) is 8.42 Å². The smallest absolute Gasteiger partial charge is 0.240 e. The normalized spacial score (nSPS) is 17.9. The molecule has 21 heavy (non-hydrogen) atoms. The predicted molar refractivity (Wildman–Crippen MR) is 82.0 cm³/mol. The molecule has 0 saturated carbocycles. The number of hydrogen-bond donors (Lipinski definition) is 2. The van der Waals surface area contributed by atoms with Crippen LogP contribution in [0.1, 0.15) is 19.4 Å². The number of morpholine rings is 1. The van der Waals surface area contributed by atoms with Crippen LogP contribution in [-0.2, 0) is 14.8 Å². The van der Waals surface area contributed by atoms with Gasteiger partial charge in [-0.3, -0.25) is 0 Å². The second-order valence-electron chi connectivity index (χ2n) is 6.24. The Bertz CT molecular complexity index is 561. The molecule has 0 unspecified atom stereocenters. The molecule has 1 saturated heterocycles. The van der Waals surface area contributed by atoms with Gasteiger partial charge in [-0.05, 0) is 32.9 Å². The zero-order chi connectivity index (χ0) is 15.5. The number of hydrogen-bond acceptors (Lipinski definition) is 3. The first-order chi connectivity index (χ1) is 9.81. The van der Waals surface area contributed by atoms with Crippen molar-refractivity contribution in [3.63, 3.8) is 0 Å². The fraction of sp³-hybridized carbons (Fsp3) is 0.600. The Kier molecular flexibility index (Phi) is 5.03. The number of nitrogens with one attached hydrogen (secondary N) is 2. The van der Waals surface area contributed by atoms with Crippen LogP contribution in [0.3, 0.4) is 0 Å². The molecule has 5 nitrogen and oxygen atoms in total. The monoisotopic (exact) mass is 313 g/mol. The van der Waals surface area contributed by atoms with Gasteiger partial charge >= 0.3 is 0 Å². The van der Waals surface area contributed by atoms with Crippen LogP contribution < -0.4 is 9.62 Å². The molecule has 0 aliphatic carbocycles. The summed E-state index contributed by atoms with van der Waals surface area (Å²) in [7, 11) is -3.44. The summed E-state index contributed by atoms with van der Waals surface area (Å²) in [5.41, 5.74) is 0.897. The molecule has 1 heterocycles. The molecule has 6 heteroatoms. The fourth-order valence-electron chi connectivity index (χ4n) is 2.50. The predicted octanol–water partition coefficient (Wildman–Crippen LogP) is -0.0330. The van der Waals surface area contributed by atoms with Crippen molar-refractivity contribution in [2.45, 2.75) is 31.2 Å². The van der Waals surface area contributed by atoms with Gasteiger partial charge in [-0.15, -0.1) is 0 Å². The zero-order valence-electron chi connectivity index (χ0n) is 13.0. The summed E-state index contributed by atoms with van der Waals surface area (Å²) in [4.78, 5) is 1.70. The van der Waals surface area contributed by atoms with Crippen LogP contribution in [0.15, 0.2) is 29.2 Å². The maximum atomic E-state index is 12.3. The molecule has 0 radical (unpaired) electrons. The molecular weight excluding hydrogens is 288 g/mol. The van der Waals surface area contributed by atoms with E-state index in [4.69, 9.17) is 4.74 Å². The molecule has 1 aliphatic rings. The molecule has 1 aromatic rings. The largest absolute Gasteiger partial charge is 0.370 e. The molecule has 0 bridgehead atoms. The Morgan fingerprint density at radius 2 is 1.76 bits per heavy atom. The SMILES string of the molecule is Cc1ccc(S(=O)(=O)NCC(C)(C)[NH+]2CCOCC2)cc1. The summed E-state index contributed by atoms with van der Waals surface area (Å²) >= 11 is 0. The Balaban J connectivity index is 2.01. The average molecular weight is 313 g/mol. The molecule has 0 aromatic heterocycles. The van der Waals surface area contributed by atoms with E-state index in [1.165, 1.54) is 4.90 Å². The first-order valence-electron chi connectivity index (χ1n) is 7.30. The zero-order valence-corrected chi connectivity index (χ0v) is 13.8. The van der Waals surface area contributed by atoms with Crippen LogP contribution in [-0.4, -0.2) is 46.8 Å². The van der Waals surface area contributed by atoms with Gasteiger partial charge in [-0.1, -0.05) is 17.7 Å². The Morgan fingerprint density at radius 1 is 1.19 bits per heavy atom. The highest BCUT2D eigenvalue weighted by Gasteiger charge is 2.33. The number of aryl methyl sites for hydroxylation is 1. The standard InChI is InChI=1S/C15H24N2O3S/c1-13-4-6-14(7-5-13)21(18,19)16-12-15(2,3)17-8-10-20-11-9-17/h4-7,16H,8-12H2,1-3H3/p+1. The Labute approximate surface area is 127 Å². The molecule has 2 rings (SSSR count). The van der Waals surface area contributed by atoms with Gasteiger partial charge in [-0.25, -0.2) is 13.1 Å². The molecule has 1 aliphatic heterocycles. The highest BCUT2D eigenvalue weighted by molar-refractivity contribution is 7.89. The van der Waals surface area contributed by atoms with Gasteiger partial charge in [0.1, 0.15) is 18.6 Å². The average Bonchev–Trinajstić information content (AvgIpc) is 2.47. The lowest BCUT2D eigenvalue weighted by Crippen LogP contribution is -3.22. The van der Waals surface area contributed by atoms with Gasteiger partial charge in [0.25, 0.3) is 0 Å². The topological polar surface area (TPSA) is 59.8 Å². The lowest BCUT2D eigenvalue weighted by molar-refractivity contribution is -0.954. The minimum absolute atomic E-state index is 0.151. The summed E-state index contributed by atoms with van der Waals surface area (Å²) in [6.45, 7) is 9.84. The van der Waals surface area contributed by atoms with Crippen molar-refractivity contribution < 1.29 is 18.1 Å². The van der Waals surface area contributed by atoms with E-state index in [1.807, 2.05) is 19.1 Å². The summed E-state index contributed by atoms with van der Waals surface area (Å²) in [5, 5.41) is 0. The van der Waals surface area contributed by atoms with Crippen molar-refractivity contribution in [3.05, 3.63) is 29.8 Å². The molecular formula is C15H25N2O3S+. The van der Waals surface area contributed by atoms with E-state index < -0.39 is 10.0 Å². The van der Waals surface area contributed by atoms with Crippen LogP contribution in [0.2, 0.25) is 0 Å². The quantitative estimate of drug-likeness (QED) is 0.802. The summed E-state index contributed by atoms with van der Waals surface area (Å²) in [6.07, 6.45) is 0. The van der Waals surface area contributed by atoms with Gasteiger partial charge in [0.2, 0.25) is 10.0 Å². The van der Waals surface area contributed by atoms with E-state index in [1.54, 1.807) is 12.1 Å². The van der Waals surface area contributed by atoms with Crippen LogP contribution in [0, 0.1) is 6.92 Å². The van der Waals surface area contributed by atoms with Gasteiger partial charge in [0.05, 0.1) is 24.7 Å². The first kappa shape index (κ1) is 16.4. The lowest BCUT2D eigenvalue weighted by atomic mass is 10.0. The van der Waals surface area contributed by atoms with Crippen molar-refractivity contribution in [1.82, 2.24) is 4.72 Å². The molecule has 1 fully saturated rings. The van der Waals surface area contributed by atoms with E-state index in [2.05, 4.69) is 18.6 Å². The summed E-state index contributed by atoms with van der Waals surface area (Å²) in [6, 6.07) is 6.92. The van der Waals surface area contributed by atoms with Crippen molar-refractivity contribution in [3.8, 4) is 0 Å². The fourth-order valence-corrected chi connectivity index (χ4v) is 3.71. The molecule has 118 valence electrons. The van der Waals surface area contributed by atoms with E-state index in [0.29, 0.717) is 11.4 Å². The van der Waals surface area contributed by atoms with Crippen LogP contribution >= 0.6 is 0 Å².